The van der Waals surface area contributed by atoms with Crippen molar-refractivity contribution in [3.8, 4) is 28.4 Å². The van der Waals surface area contributed by atoms with Crippen LogP contribution in [0.2, 0.25) is 0 Å². The molecule has 7 rings (SSSR count). The van der Waals surface area contributed by atoms with E-state index in [0.29, 0.717) is 72.2 Å². The first kappa shape index (κ1) is 27.6. The maximum atomic E-state index is 13.6. The molecular weight excluding hydrogens is 566 g/mol. The van der Waals surface area contributed by atoms with E-state index in [9.17, 15) is 9.59 Å². The maximum absolute atomic E-state index is 13.6. The number of ether oxygens (including phenoxy) is 3. The van der Waals surface area contributed by atoms with Crippen LogP contribution in [0.5, 0.6) is 11.5 Å². The van der Waals surface area contributed by atoms with E-state index >= 15 is 0 Å². The summed E-state index contributed by atoms with van der Waals surface area (Å²) >= 11 is 0. The number of carbonyl (C=O) groups is 2. The first-order valence-electron chi connectivity index (χ1n) is 14.3. The molecule has 2 aliphatic rings. The van der Waals surface area contributed by atoms with Gasteiger partial charge in [0.2, 0.25) is 0 Å². The van der Waals surface area contributed by atoms with Gasteiger partial charge in [0.05, 0.1) is 47.7 Å². The van der Waals surface area contributed by atoms with Gasteiger partial charge in [0.1, 0.15) is 29.4 Å². The largest absolute Gasteiger partial charge is 0.494 e. The second kappa shape index (κ2) is 10.8. The molecule has 226 valence electrons. The summed E-state index contributed by atoms with van der Waals surface area (Å²) < 4.78 is 20.4. The van der Waals surface area contributed by atoms with E-state index in [-0.39, 0.29) is 24.1 Å². The highest BCUT2D eigenvalue weighted by Gasteiger charge is 2.32. The van der Waals surface area contributed by atoms with Crippen LogP contribution in [0.3, 0.4) is 0 Å². The molecule has 1 saturated heterocycles. The second-order valence-electron chi connectivity index (χ2n) is 11.3. The third-order valence-electron chi connectivity index (χ3n) is 7.58. The maximum Gasteiger partial charge on any atom is 0.320 e. The molecule has 1 amide bonds. The van der Waals surface area contributed by atoms with E-state index in [4.69, 9.17) is 19.3 Å². The predicted octanol–water partition coefficient (Wildman–Crippen LogP) is 2.31. The number of methoxy groups -OCH3 is 1. The van der Waals surface area contributed by atoms with Crippen LogP contribution in [0.1, 0.15) is 24.3 Å². The van der Waals surface area contributed by atoms with Gasteiger partial charge in [-0.2, -0.15) is 10.2 Å². The van der Waals surface area contributed by atoms with Crippen LogP contribution >= 0.6 is 0 Å². The standard InChI is InChI=1S/C30H31N9O5/c1-30(2)17-37(16-26(40)44-30)9-6-33-29(41)27-19-14-34-20(18-15-35-38-8-4-5-32-28(18)38)11-22(19)39(36-27)23-13-24-21(12-25(23)42-3)31-7-10-43-24/h4-5,8,11-15,31H,6-7,9-10,16-17H2,1-3H3,(H,33,41). The minimum Gasteiger partial charge on any atom is -0.494 e. The molecule has 2 aliphatic heterocycles. The van der Waals surface area contributed by atoms with Crippen LogP contribution in [0.4, 0.5) is 5.69 Å². The molecule has 0 radical (unpaired) electrons. The van der Waals surface area contributed by atoms with E-state index in [1.54, 1.807) is 41.0 Å². The third-order valence-corrected chi connectivity index (χ3v) is 7.58. The number of amides is 1. The molecule has 0 atom stereocenters. The van der Waals surface area contributed by atoms with Crippen molar-refractivity contribution in [2.24, 2.45) is 0 Å². The Hall–Kier alpha value is -5.24. The number of hydrogen-bond donors (Lipinski definition) is 2. The van der Waals surface area contributed by atoms with Gasteiger partial charge in [-0.3, -0.25) is 19.5 Å². The fourth-order valence-corrected chi connectivity index (χ4v) is 5.72. The van der Waals surface area contributed by atoms with Gasteiger partial charge in [-0.1, -0.05) is 0 Å². The number of fused-ring (bicyclic) bond motifs is 3. The molecule has 2 N–H and O–H groups in total. The summed E-state index contributed by atoms with van der Waals surface area (Å²) in [4.78, 5) is 36.7. The Morgan fingerprint density at radius 1 is 1.20 bits per heavy atom. The van der Waals surface area contributed by atoms with Crippen molar-refractivity contribution in [2.45, 2.75) is 19.4 Å². The molecule has 0 unspecified atom stereocenters. The lowest BCUT2D eigenvalue weighted by atomic mass is 10.1. The summed E-state index contributed by atoms with van der Waals surface area (Å²) in [5.41, 5.74) is 3.68. The molecule has 1 aromatic carbocycles. The van der Waals surface area contributed by atoms with Crippen molar-refractivity contribution in [3.63, 3.8) is 0 Å². The number of pyridine rings is 1. The van der Waals surface area contributed by atoms with E-state index in [0.717, 1.165) is 11.3 Å². The van der Waals surface area contributed by atoms with Gasteiger partial charge in [-0.05, 0) is 26.0 Å². The number of rotatable bonds is 7. The van der Waals surface area contributed by atoms with Crippen molar-refractivity contribution in [1.29, 1.82) is 0 Å². The van der Waals surface area contributed by atoms with E-state index in [1.807, 2.05) is 43.1 Å². The lowest BCUT2D eigenvalue weighted by molar-refractivity contribution is -0.169. The molecule has 4 aromatic heterocycles. The number of carbonyl (C=O) groups excluding carboxylic acids is 2. The Morgan fingerprint density at radius 3 is 2.93 bits per heavy atom. The Morgan fingerprint density at radius 2 is 2.09 bits per heavy atom. The van der Waals surface area contributed by atoms with Gasteiger partial charge in [0.15, 0.2) is 11.3 Å². The molecule has 44 heavy (non-hydrogen) atoms. The minimum atomic E-state index is -0.582. The molecule has 0 spiro atoms. The Labute approximate surface area is 251 Å². The van der Waals surface area contributed by atoms with Crippen LogP contribution in [0, 0.1) is 0 Å². The van der Waals surface area contributed by atoms with Gasteiger partial charge in [-0.15, -0.1) is 0 Å². The van der Waals surface area contributed by atoms with Crippen LogP contribution < -0.4 is 20.1 Å². The van der Waals surface area contributed by atoms with Gasteiger partial charge < -0.3 is 24.8 Å². The quantitative estimate of drug-likeness (QED) is 0.266. The number of hydrogen-bond acceptors (Lipinski definition) is 11. The molecule has 0 aliphatic carbocycles. The third kappa shape index (κ3) is 5.02. The molecule has 14 nitrogen and oxygen atoms in total. The average Bonchev–Trinajstić information content (AvgIpc) is 3.61. The molecule has 6 heterocycles. The summed E-state index contributed by atoms with van der Waals surface area (Å²) in [7, 11) is 1.59. The highest BCUT2D eigenvalue weighted by molar-refractivity contribution is 6.05. The summed E-state index contributed by atoms with van der Waals surface area (Å²) in [6, 6.07) is 7.38. The number of benzene rings is 1. The topological polar surface area (TPSA) is 150 Å². The number of anilines is 1. The van der Waals surface area contributed by atoms with Crippen molar-refractivity contribution >= 4 is 34.1 Å². The van der Waals surface area contributed by atoms with E-state index in [1.165, 1.54) is 0 Å². The van der Waals surface area contributed by atoms with Crippen molar-refractivity contribution in [2.75, 3.05) is 51.8 Å². The Kier molecular flexibility index (Phi) is 6.77. The lowest BCUT2D eigenvalue weighted by Crippen LogP contribution is -2.52. The lowest BCUT2D eigenvalue weighted by Gasteiger charge is -2.37. The molecule has 1 fully saturated rings. The van der Waals surface area contributed by atoms with Gasteiger partial charge in [-0.25, -0.2) is 14.2 Å². The van der Waals surface area contributed by atoms with Crippen molar-refractivity contribution in [1.82, 2.24) is 39.6 Å². The van der Waals surface area contributed by atoms with Gasteiger partial charge in [0, 0.05) is 56.9 Å². The predicted molar refractivity (Wildman–Crippen MR) is 160 cm³/mol. The number of morpholine rings is 1. The molecule has 0 bridgehead atoms. The monoisotopic (exact) mass is 597 g/mol. The molecule has 14 heteroatoms. The smallest absolute Gasteiger partial charge is 0.320 e. The first-order valence-corrected chi connectivity index (χ1v) is 14.3. The summed E-state index contributed by atoms with van der Waals surface area (Å²) in [6.07, 6.45) is 6.87. The molecular formula is C30H31N9O5. The highest BCUT2D eigenvalue weighted by atomic mass is 16.6. The number of nitrogens with zero attached hydrogens (tertiary/aromatic N) is 7. The van der Waals surface area contributed by atoms with Crippen LogP contribution in [-0.2, 0) is 9.53 Å². The Balaban J connectivity index is 1.27. The van der Waals surface area contributed by atoms with Gasteiger partial charge in [0.25, 0.3) is 5.91 Å². The van der Waals surface area contributed by atoms with Crippen molar-refractivity contribution < 1.29 is 23.8 Å². The Bertz CT molecular complexity index is 1910. The zero-order valence-corrected chi connectivity index (χ0v) is 24.5. The fourth-order valence-electron chi connectivity index (χ4n) is 5.72. The molecule has 0 saturated carbocycles. The minimum absolute atomic E-state index is 0.178. The molecule has 5 aromatic rings. The normalized spacial score (nSPS) is 16.2. The number of nitrogens with one attached hydrogen (secondary N) is 2. The zero-order chi connectivity index (χ0) is 30.4. The van der Waals surface area contributed by atoms with Crippen LogP contribution in [-0.4, -0.2) is 98.2 Å². The summed E-state index contributed by atoms with van der Waals surface area (Å²) in [5, 5.41) is 16.0. The first-order chi connectivity index (χ1) is 21.3. The SMILES string of the molecule is COc1cc2c(cc1-n1nc(C(=O)NCCN3CC(=O)OC(C)(C)C3)c3cnc(-c4cnn5cccnc45)cc31)OCCN2. The second-order valence-corrected chi connectivity index (χ2v) is 11.3. The van der Waals surface area contributed by atoms with Crippen LogP contribution in [0.25, 0.3) is 33.5 Å². The number of aromatic nitrogens is 6. The number of esters is 1. The zero-order valence-electron chi connectivity index (χ0n) is 24.5. The average molecular weight is 598 g/mol. The van der Waals surface area contributed by atoms with E-state index < -0.39 is 5.60 Å². The van der Waals surface area contributed by atoms with Crippen LogP contribution in [0.15, 0.2) is 49.1 Å². The highest BCUT2D eigenvalue weighted by Crippen LogP contribution is 2.38. The summed E-state index contributed by atoms with van der Waals surface area (Å²) in [5.74, 6) is 0.563. The van der Waals surface area contributed by atoms with Crippen molar-refractivity contribution in [3.05, 3.63) is 54.7 Å². The summed E-state index contributed by atoms with van der Waals surface area (Å²) in [6.45, 7) is 6.50. The van der Waals surface area contributed by atoms with Gasteiger partial charge >= 0.3 is 5.97 Å². The fraction of sp³-hybridized carbons (Fsp3) is 0.333. The van der Waals surface area contributed by atoms with E-state index in [2.05, 4.69) is 25.7 Å². The number of cyclic esters (lactones) is 1.